The van der Waals surface area contributed by atoms with Crippen LogP contribution >= 0.6 is 22.6 Å². The zero-order chi connectivity index (χ0) is 19.8. The normalized spacial score (nSPS) is 11.1. The highest BCUT2D eigenvalue weighted by atomic mass is 127. The van der Waals surface area contributed by atoms with Gasteiger partial charge in [0.2, 0.25) is 5.43 Å². The van der Waals surface area contributed by atoms with Crippen molar-refractivity contribution >= 4 is 39.5 Å². The zero-order valence-electron chi connectivity index (χ0n) is 14.3. The van der Waals surface area contributed by atoms with Crippen molar-refractivity contribution in [3.63, 3.8) is 0 Å². The number of hydrogen-bond acceptors (Lipinski definition) is 3. The second-order valence-electron chi connectivity index (χ2n) is 6.21. The highest BCUT2D eigenvalue weighted by Crippen LogP contribution is 2.18. The molecule has 4 aromatic rings. The molecule has 0 aliphatic rings. The van der Waals surface area contributed by atoms with Crippen LogP contribution in [-0.4, -0.2) is 25.4 Å². The molecule has 0 unspecified atom stereocenters. The van der Waals surface area contributed by atoms with Gasteiger partial charge in [0.1, 0.15) is 11.4 Å². The molecule has 0 saturated heterocycles. The minimum absolute atomic E-state index is 0.217. The van der Waals surface area contributed by atoms with Crippen molar-refractivity contribution in [2.75, 3.05) is 0 Å². The maximum Gasteiger partial charge on any atom is 0.341 e. The van der Waals surface area contributed by atoms with Gasteiger partial charge in [-0.15, -0.1) is 0 Å². The van der Waals surface area contributed by atoms with Crippen molar-refractivity contribution in [1.29, 1.82) is 0 Å². The fourth-order valence-electron chi connectivity index (χ4n) is 3.07. The number of nitrogens with zero attached hydrogens (tertiary/aromatic N) is 3. The van der Waals surface area contributed by atoms with E-state index in [0.717, 1.165) is 20.9 Å². The van der Waals surface area contributed by atoms with Crippen LogP contribution < -0.4 is 5.43 Å². The Morgan fingerprint density at radius 1 is 1.14 bits per heavy atom. The maximum atomic E-state index is 14.2. The van der Waals surface area contributed by atoms with Gasteiger partial charge in [-0.05, 0) is 52.4 Å². The number of halogens is 2. The van der Waals surface area contributed by atoms with Crippen LogP contribution in [-0.2, 0) is 6.54 Å². The molecule has 0 spiro atoms. The second-order valence-corrected chi connectivity index (χ2v) is 7.45. The van der Waals surface area contributed by atoms with Crippen LogP contribution in [0.25, 0.3) is 16.6 Å². The molecule has 0 amide bonds. The third-order valence-corrected chi connectivity index (χ3v) is 4.95. The van der Waals surface area contributed by atoms with Gasteiger partial charge in [0.25, 0.3) is 0 Å². The Bertz CT molecular complexity index is 1260. The van der Waals surface area contributed by atoms with Crippen LogP contribution in [0, 0.1) is 9.39 Å². The van der Waals surface area contributed by atoms with Crippen molar-refractivity contribution in [3.05, 3.63) is 91.8 Å². The number of carboxylic acids is 1. The molecule has 0 aliphatic heterocycles. The van der Waals surface area contributed by atoms with Gasteiger partial charge in [0, 0.05) is 18.9 Å². The summed E-state index contributed by atoms with van der Waals surface area (Å²) in [5.74, 6) is -2.12. The Kier molecular flexibility index (Phi) is 4.71. The SMILES string of the molecule is O=C(O)c1cn(Cc2ccc(-n3cc(I)cn3)cc2)c2cccc(F)c2c1=O. The first-order valence-electron chi connectivity index (χ1n) is 8.28. The smallest absolute Gasteiger partial charge is 0.341 e. The minimum atomic E-state index is -1.38. The van der Waals surface area contributed by atoms with Gasteiger partial charge < -0.3 is 9.67 Å². The van der Waals surface area contributed by atoms with Gasteiger partial charge in [-0.2, -0.15) is 5.10 Å². The second kappa shape index (κ2) is 7.19. The Morgan fingerprint density at radius 3 is 2.54 bits per heavy atom. The molecule has 0 aliphatic carbocycles. The first kappa shape index (κ1) is 18.4. The summed E-state index contributed by atoms with van der Waals surface area (Å²) in [7, 11) is 0. The number of carboxylic acid groups (broad SMARTS) is 1. The van der Waals surface area contributed by atoms with Crippen molar-refractivity contribution in [2.24, 2.45) is 0 Å². The highest BCUT2D eigenvalue weighted by Gasteiger charge is 2.17. The van der Waals surface area contributed by atoms with Gasteiger partial charge in [-0.1, -0.05) is 18.2 Å². The molecule has 8 heteroatoms. The average Bonchev–Trinajstić information content (AvgIpc) is 3.10. The molecule has 140 valence electrons. The van der Waals surface area contributed by atoms with Gasteiger partial charge >= 0.3 is 5.97 Å². The molecular formula is C20H13FIN3O3. The van der Waals surface area contributed by atoms with Gasteiger partial charge in [-0.3, -0.25) is 4.79 Å². The molecule has 28 heavy (non-hydrogen) atoms. The third-order valence-electron chi connectivity index (χ3n) is 4.39. The molecule has 1 N–H and O–H groups in total. The predicted octanol–water partition coefficient (Wildman–Crippen LogP) is 3.68. The lowest BCUT2D eigenvalue weighted by molar-refractivity contribution is 0.0695. The molecule has 6 nitrogen and oxygen atoms in total. The molecule has 0 atom stereocenters. The van der Waals surface area contributed by atoms with E-state index in [0.29, 0.717) is 5.52 Å². The number of aromatic carboxylic acids is 1. The van der Waals surface area contributed by atoms with Crippen LogP contribution in [0.5, 0.6) is 0 Å². The molecule has 2 heterocycles. The fraction of sp³-hybridized carbons (Fsp3) is 0.0500. The van der Waals surface area contributed by atoms with E-state index in [1.54, 1.807) is 21.5 Å². The lowest BCUT2D eigenvalue weighted by Crippen LogP contribution is -2.20. The van der Waals surface area contributed by atoms with Crippen molar-refractivity contribution < 1.29 is 14.3 Å². The standard InChI is InChI=1S/C20H13FIN3O3/c21-16-2-1-3-17-18(16)19(26)15(20(27)28)11-24(17)9-12-4-6-14(7-5-12)25-10-13(22)8-23-25/h1-8,10-11H,9H2,(H,27,28). The summed E-state index contributed by atoms with van der Waals surface area (Å²) in [6, 6.07) is 11.8. The van der Waals surface area contributed by atoms with E-state index in [2.05, 4.69) is 27.7 Å². The Balaban J connectivity index is 1.77. The predicted molar refractivity (Wildman–Crippen MR) is 111 cm³/mol. The first-order valence-corrected chi connectivity index (χ1v) is 9.36. The van der Waals surface area contributed by atoms with Crippen LogP contribution in [0.1, 0.15) is 15.9 Å². The molecule has 2 aromatic heterocycles. The third kappa shape index (κ3) is 3.31. The number of aromatic nitrogens is 3. The van der Waals surface area contributed by atoms with E-state index in [-0.39, 0.29) is 11.9 Å². The van der Waals surface area contributed by atoms with E-state index < -0.39 is 22.8 Å². The van der Waals surface area contributed by atoms with Crippen molar-refractivity contribution in [2.45, 2.75) is 6.54 Å². The highest BCUT2D eigenvalue weighted by molar-refractivity contribution is 14.1. The number of pyridine rings is 1. The summed E-state index contributed by atoms with van der Waals surface area (Å²) in [5, 5.41) is 13.4. The summed E-state index contributed by atoms with van der Waals surface area (Å²) < 4.78 is 18.6. The maximum absolute atomic E-state index is 14.2. The minimum Gasteiger partial charge on any atom is -0.477 e. The summed E-state index contributed by atoms with van der Waals surface area (Å²) in [6.07, 6.45) is 4.91. The summed E-state index contributed by atoms with van der Waals surface area (Å²) >= 11 is 2.18. The lowest BCUT2D eigenvalue weighted by atomic mass is 10.1. The summed E-state index contributed by atoms with van der Waals surface area (Å²) in [6.45, 7) is 0.289. The van der Waals surface area contributed by atoms with Crippen molar-refractivity contribution in [1.82, 2.24) is 14.3 Å². The van der Waals surface area contributed by atoms with Crippen LogP contribution in [0.3, 0.4) is 0 Å². The fourth-order valence-corrected chi connectivity index (χ4v) is 3.46. The summed E-state index contributed by atoms with van der Waals surface area (Å²) in [4.78, 5) is 23.8. The van der Waals surface area contributed by atoms with Gasteiger partial charge in [-0.25, -0.2) is 13.9 Å². The topological polar surface area (TPSA) is 77.1 Å². The Labute approximate surface area is 172 Å². The number of fused-ring (bicyclic) bond motifs is 1. The van der Waals surface area contributed by atoms with Crippen LogP contribution in [0.2, 0.25) is 0 Å². The van der Waals surface area contributed by atoms with E-state index in [9.17, 15) is 19.1 Å². The quantitative estimate of drug-likeness (QED) is 0.444. The Morgan fingerprint density at radius 2 is 1.89 bits per heavy atom. The van der Waals surface area contributed by atoms with E-state index in [4.69, 9.17) is 0 Å². The molecule has 0 saturated carbocycles. The molecular weight excluding hydrogens is 476 g/mol. The molecule has 0 radical (unpaired) electrons. The lowest BCUT2D eigenvalue weighted by Gasteiger charge is -2.13. The number of hydrogen-bond donors (Lipinski definition) is 1. The van der Waals surface area contributed by atoms with E-state index >= 15 is 0 Å². The number of carbonyl (C=O) groups is 1. The summed E-state index contributed by atoms with van der Waals surface area (Å²) in [5.41, 5.74) is 0.825. The van der Waals surface area contributed by atoms with E-state index in [1.807, 2.05) is 30.5 Å². The van der Waals surface area contributed by atoms with Crippen LogP contribution in [0.4, 0.5) is 4.39 Å². The molecule has 4 rings (SSSR count). The monoisotopic (exact) mass is 489 g/mol. The number of rotatable bonds is 4. The van der Waals surface area contributed by atoms with Crippen molar-refractivity contribution in [3.8, 4) is 5.69 Å². The molecule has 0 bridgehead atoms. The number of benzene rings is 2. The molecule has 0 fully saturated rings. The first-order chi connectivity index (χ1) is 13.4. The van der Waals surface area contributed by atoms with Gasteiger partial charge in [0.15, 0.2) is 0 Å². The largest absolute Gasteiger partial charge is 0.477 e. The molecule has 2 aromatic carbocycles. The average molecular weight is 489 g/mol. The zero-order valence-corrected chi connectivity index (χ0v) is 16.5. The van der Waals surface area contributed by atoms with Crippen LogP contribution in [0.15, 0.2) is 65.8 Å². The van der Waals surface area contributed by atoms with Gasteiger partial charge in [0.05, 0.1) is 26.4 Å². The van der Waals surface area contributed by atoms with E-state index in [1.165, 1.54) is 12.3 Å². The Hall–Kier alpha value is -3.01.